The Morgan fingerprint density at radius 3 is 2.54 bits per heavy atom. The zero-order chi connectivity index (χ0) is 25.2. The molecule has 0 unspecified atom stereocenters. The fraction of sp³-hybridized carbons (Fsp3) is 0.500. The zero-order valence-corrected chi connectivity index (χ0v) is 21.1. The highest BCUT2D eigenvalue weighted by Gasteiger charge is 2.31. The summed E-state index contributed by atoms with van der Waals surface area (Å²) < 4.78 is 5.50. The summed E-state index contributed by atoms with van der Waals surface area (Å²) in [6.45, 7) is 1.53. The monoisotopic (exact) mass is 521 g/mol. The minimum Gasteiger partial charge on any atom is -0.457 e. The van der Waals surface area contributed by atoms with Crippen LogP contribution in [0.5, 0.6) is 0 Å². The molecule has 35 heavy (non-hydrogen) atoms. The molecule has 0 spiro atoms. The molecule has 2 bridgehead atoms. The molecule has 2 aliphatic heterocycles. The summed E-state index contributed by atoms with van der Waals surface area (Å²) in [5.41, 5.74) is 0.868. The molecular formula is C24H31N3O6S2. The van der Waals surface area contributed by atoms with Crippen molar-refractivity contribution in [2.75, 3.05) is 11.5 Å². The second-order valence-corrected chi connectivity index (χ2v) is 11.1. The summed E-state index contributed by atoms with van der Waals surface area (Å²) in [6.07, 6.45) is 1.87. The third kappa shape index (κ3) is 8.90. The van der Waals surface area contributed by atoms with Gasteiger partial charge in [0.25, 0.3) is 0 Å². The lowest BCUT2D eigenvalue weighted by Crippen LogP contribution is -2.56. The number of rotatable bonds is 2. The molecule has 0 aliphatic carbocycles. The molecule has 1 aromatic carbocycles. The van der Waals surface area contributed by atoms with Crippen LogP contribution in [0.2, 0.25) is 0 Å². The van der Waals surface area contributed by atoms with E-state index in [1.165, 1.54) is 17.7 Å². The van der Waals surface area contributed by atoms with Crippen molar-refractivity contribution in [1.82, 2.24) is 16.0 Å². The maximum absolute atomic E-state index is 13.2. The van der Waals surface area contributed by atoms with E-state index < -0.39 is 54.0 Å². The third-order valence-corrected chi connectivity index (χ3v) is 8.02. The molecule has 2 aliphatic rings. The Morgan fingerprint density at radius 2 is 1.77 bits per heavy atom. The molecule has 1 aromatic rings. The van der Waals surface area contributed by atoms with E-state index in [2.05, 4.69) is 16.0 Å². The molecule has 9 nitrogen and oxygen atoms in total. The standard InChI is InChI=1S/C24H31N3O6S2/c1-15-23(31)27-19-14-35-34-10-6-5-9-17(12-21(29)25-15)33-22(30)13-20(28)18(26-24(19)32)11-16-7-3-2-4-8-16/h2-5,7-9,15,17-20,28H,6,10-14H2,1H3,(H,25,29)(H,26,32)(H,27,31)/b9-5+/t15-,17-,18-,19-,20+/m1/s1. The Kier molecular flexibility index (Phi) is 10.5. The Bertz CT molecular complexity index is 929. The van der Waals surface area contributed by atoms with Gasteiger partial charge in [-0.05, 0) is 31.4 Å². The van der Waals surface area contributed by atoms with E-state index in [4.69, 9.17) is 4.74 Å². The van der Waals surface area contributed by atoms with Crippen LogP contribution in [0.25, 0.3) is 0 Å². The van der Waals surface area contributed by atoms with Crippen LogP contribution in [0.4, 0.5) is 0 Å². The number of esters is 1. The van der Waals surface area contributed by atoms with E-state index in [0.717, 1.165) is 11.3 Å². The van der Waals surface area contributed by atoms with Gasteiger partial charge in [-0.2, -0.15) is 0 Å². The lowest BCUT2D eigenvalue weighted by Gasteiger charge is -2.27. The molecule has 1 saturated heterocycles. The zero-order valence-electron chi connectivity index (χ0n) is 19.5. The number of benzene rings is 1. The third-order valence-electron chi connectivity index (χ3n) is 5.58. The quantitative estimate of drug-likeness (QED) is 0.258. The molecule has 4 N–H and O–H groups in total. The average Bonchev–Trinajstić information content (AvgIpc) is 2.81. The first-order valence-electron chi connectivity index (χ1n) is 11.5. The maximum Gasteiger partial charge on any atom is 0.309 e. The number of carbonyl (C=O) groups excluding carboxylic acids is 4. The fourth-order valence-corrected chi connectivity index (χ4v) is 5.84. The van der Waals surface area contributed by atoms with Gasteiger partial charge in [0, 0.05) is 11.5 Å². The number of aliphatic hydroxyl groups excluding tert-OH is 1. The fourth-order valence-electron chi connectivity index (χ4n) is 3.68. The Balaban J connectivity index is 1.94. The number of fused-ring (bicyclic) bond motifs is 7. The van der Waals surface area contributed by atoms with E-state index in [1.807, 2.05) is 36.4 Å². The van der Waals surface area contributed by atoms with E-state index in [-0.39, 0.29) is 19.3 Å². The lowest BCUT2D eigenvalue weighted by atomic mass is 9.98. The normalized spacial score (nSPS) is 30.4. The summed E-state index contributed by atoms with van der Waals surface area (Å²) in [4.78, 5) is 51.2. The topological polar surface area (TPSA) is 134 Å². The summed E-state index contributed by atoms with van der Waals surface area (Å²) in [5, 5.41) is 19.1. The van der Waals surface area contributed by atoms with Crippen molar-refractivity contribution in [2.24, 2.45) is 0 Å². The molecule has 1 fully saturated rings. The second-order valence-electron chi connectivity index (χ2n) is 8.48. The predicted molar refractivity (Wildman–Crippen MR) is 135 cm³/mol. The summed E-state index contributed by atoms with van der Waals surface area (Å²) >= 11 is 0. The second kappa shape index (κ2) is 13.6. The molecule has 5 atom stereocenters. The summed E-state index contributed by atoms with van der Waals surface area (Å²) in [7, 11) is 3.01. The molecule has 0 aromatic heterocycles. The van der Waals surface area contributed by atoms with E-state index >= 15 is 0 Å². The van der Waals surface area contributed by atoms with Crippen LogP contribution in [0, 0.1) is 0 Å². The predicted octanol–water partition coefficient (Wildman–Crippen LogP) is 1.11. The first kappa shape index (κ1) is 27.1. The van der Waals surface area contributed by atoms with Crippen LogP contribution < -0.4 is 16.0 Å². The molecule has 11 heteroatoms. The van der Waals surface area contributed by atoms with Gasteiger partial charge in [0.15, 0.2) is 0 Å². The van der Waals surface area contributed by atoms with Crippen molar-refractivity contribution in [3.63, 3.8) is 0 Å². The molecular weight excluding hydrogens is 490 g/mol. The SMILES string of the molecule is C[C@H]1NC(=O)C[C@H]2/C=C/CCSSC[C@@H](NC1=O)C(=O)N[C@H](Cc1ccccc1)[C@@H](O)CC(=O)O2. The van der Waals surface area contributed by atoms with Crippen LogP contribution >= 0.6 is 21.6 Å². The van der Waals surface area contributed by atoms with Crippen LogP contribution in [0.15, 0.2) is 42.5 Å². The van der Waals surface area contributed by atoms with Gasteiger partial charge >= 0.3 is 5.97 Å². The summed E-state index contributed by atoms with van der Waals surface area (Å²) in [6, 6.07) is 6.71. The van der Waals surface area contributed by atoms with E-state index in [0.29, 0.717) is 12.2 Å². The largest absolute Gasteiger partial charge is 0.457 e. The molecule has 190 valence electrons. The summed E-state index contributed by atoms with van der Waals surface area (Å²) in [5.74, 6) is -1.09. The highest BCUT2D eigenvalue weighted by Crippen LogP contribution is 2.24. The van der Waals surface area contributed by atoms with Gasteiger partial charge in [0.1, 0.15) is 18.2 Å². The highest BCUT2D eigenvalue weighted by molar-refractivity contribution is 8.76. The van der Waals surface area contributed by atoms with Gasteiger partial charge in [0.05, 0.1) is 25.0 Å². The van der Waals surface area contributed by atoms with Crippen molar-refractivity contribution in [3.8, 4) is 0 Å². The van der Waals surface area contributed by atoms with Crippen molar-refractivity contribution >= 4 is 45.3 Å². The highest BCUT2D eigenvalue weighted by atomic mass is 33.1. The smallest absolute Gasteiger partial charge is 0.309 e. The number of aliphatic hydroxyl groups is 1. The number of allylic oxidation sites excluding steroid dienone is 1. The molecule has 3 amide bonds. The van der Waals surface area contributed by atoms with Gasteiger partial charge < -0.3 is 25.8 Å². The minimum atomic E-state index is -1.24. The number of amides is 3. The van der Waals surface area contributed by atoms with Crippen molar-refractivity contribution in [1.29, 1.82) is 0 Å². The first-order chi connectivity index (χ1) is 16.8. The molecule has 3 rings (SSSR count). The maximum atomic E-state index is 13.2. The number of hydrogen-bond donors (Lipinski definition) is 4. The molecule has 0 saturated carbocycles. The Hall–Kier alpha value is -2.50. The van der Waals surface area contributed by atoms with Crippen molar-refractivity contribution in [2.45, 2.75) is 62.9 Å². The Labute approximate surface area is 212 Å². The first-order valence-corrected chi connectivity index (χ1v) is 14.0. The van der Waals surface area contributed by atoms with Gasteiger partial charge in [-0.1, -0.05) is 58.0 Å². The number of ether oxygens (including phenoxy) is 1. The Morgan fingerprint density at radius 1 is 1.00 bits per heavy atom. The van der Waals surface area contributed by atoms with Gasteiger partial charge in [-0.3, -0.25) is 19.2 Å². The molecule has 2 heterocycles. The average molecular weight is 522 g/mol. The van der Waals surface area contributed by atoms with Crippen LogP contribution in [-0.2, 0) is 30.3 Å². The molecule has 0 radical (unpaired) electrons. The number of nitrogens with one attached hydrogen (secondary N) is 3. The lowest BCUT2D eigenvalue weighted by molar-refractivity contribution is -0.151. The van der Waals surface area contributed by atoms with Gasteiger partial charge in [-0.25, -0.2) is 0 Å². The number of carbonyl (C=O) groups is 4. The van der Waals surface area contributed by atoms with E-state index in [1.54, 1.807) is 16.9 Å². The van der Waals surface area contributed by atoms with Gasteiger partial charge in [0.2, 0.25) is 17.7 Å². The van der Waals surface area contributed by atoms with E-state index in [9.17, 15) is 24.3 Å². The van der Waals surface area contributed by atoms with Crippen LogP contribution in [0.1, 0.15) is 31.7 Å². The van der Waals surface area contributed by atoms with Crippen molar-refractivity contribution in [3.05, 3.63) is 48.0 Å². The van der Waals surface area contributed by atoms with Crippen molar-refractivity contribution < 1.29 is 29.0 Å². The minimum absolute atomic E-state index is 0.161. The van der Waals surface area contributed by atoms with Crippen LogP contribution in [0.3, 0.4) is 0 Å². The van der Waals surface area contributed by atoms with Gasteiger partial charge in [-0.15, -0.1) is 0 Å². The van der Waals surface area contributed by atoms with Crippen LogP contribution in [-0.4, -0.2) is 70.6 Å². The number of hydrogen-bond acceptors (Lipinski definition) is 8.